The molecule has 1 fully saturated rings. The van der Waals surface area contributed by atoms with Crippen LogP contribution in [0.15, 0.2) is 30.9 Å². The molecule has 0 aliphatic carbocycles. The summed E-state index contributed by atoms with van der Waals surface area (Å²) in [6, 6.07) is 5.08. The van der Waals surface area contributed by atoms with Crippen LogP contribution in [0.1, 0.15) is 18.5 Å². The molecule has 1 aliphatic heterocycles. The minimum atomic E-state index is -0.327. The molecule has 1 aliphatic rings. The van der Waals surface area contributed by atoms with E-state index in [-0.39, 0.29) is 17.9 Å². The fraction of sp³-hybridized carbons (Fsp3) is 0.353. The highest BCUT2D eigenvalue weighted by atomic mass is 35.5. The monoisotopic (exact) mass is 374 g/mol. The lowest BCUT2D eigenvalue weighted by atomic mass is 9.99. The maximum Gasteiger partial charge on any atom is 0.246 e. The largest absolute Gasteiger partial charge is 0.339 e. The topological polar surface area (TPSA) is 84.2 Å². The standard InChI is InChI=1S/C17H19ClN6O2/c1-4-16(26)24-6-5-23(11(2)25)10-15(24)12-7-13(9-14(18)8-12)17-19-21-22(3)20-17/h4,7-9,15H,1,5-6,10H2,2-3H3/t15-/m0/s1. The van der Waals surface area contributed by atoms with E-state index in [9.17, 15) is 9.59 Å². The predicted molar refractivity (Wildman–Crippen MR) is 96.1 cm³/mol. The fourth-order valence-electron chi connectivity index (χ4n) is 3.07. The van der Waals surface area contributed by atoms with Crippen LogP contribution in [0.3, 0.4) is 0 Å². The van der Waals surface area contributed by atoms with Gasteiger partial charge in [-0.05, 0) is 35.1 Å². The molecule has 3 rings (SSSR count). The van der Waals surface area contributed by atoms with Gasteiger partial charge < -0.3 is 9.80 Å². The van der Waals surface area contributed by atoms with Crippen molar-refractivity contribution in [2.75, 3.05) is 19.6 Å². The van der Waals surface area contributed by atoms with Gasteiger partial charge >= 0.3 is 0 Å². The predicted octanol–water partition coefficient (Wildman–Crippen LogP) is 1.45. The van der Waals surface area contributed by atoms with Crippen molar-refractivity contribution in [3.05, 3.63) is 41.4 Å². The Bertz CT molecular complexity index is 865. The highest BCUT2D eigenvalue weighted by molar-refractivity contribution is 6.31. The molecule has 2 aromatic rings. The summed E-state index contributed by atoms with van der Waals surface area (Å²) in [5, 5.41) is 12.5. The Labute approximate surface area is 156 Å². The minimum absolute atomic E-state index is 0.0291. The Balaban J connectivity index is 2.02. The van der Waals surface area contributed by atoms with Gasteiger partial charge in [-0.2, -0.15) is 4.80 Å². The zero-order valence-electron chi connectivity index (χ0n) is 14.6. The average Bonchev–Trinajstić information content (AvgIpc) is 3.06. The fourth-order valence-corrected chi connectivity index (χ4v) is 3.31. The highest BCUT2D eigenvalue weighted by Gasteiger charge is 2.32. The van der Waals surface area contributed by atoms with E-state index in [2.05, 4.69) is 22.0 Å². The van der Waals surface area contributed by atoms with E-state index in [0.29, 0.717) is 36.0 Å². The highest BCUT2D eigenvalue weighted by Crippen LogP contribution is 2.31. The number of rotatable bonds is 3. The number of amides is 2. The maximum absolute atomic E-state index is 12.3. The number of tetrazole rings is 1. The molecule has 136 valence electrons. The van der Waals surface area contributed by atoms with Gasteiger partial charge in [-0.3, -0.25) is 9.59 Å². The number of hydrogen-bond donors (Lipinski definition) is 0. The van der Waals surface area contributed by atoms with E-state index >= 15 is 0 Å². The summed E-state index contributed by atoms with van der Waals surface area (Å²) in [6.45, 7) is 6.41. The van der Waals surface area contributed by atoms with Crippen LogP contribution in [-0.2, 0) is 16.6 Å². The summed E-state index contributed by atoms with van der Waals surface area (Å²) in [5.41, 5.74) is 1.51. The van der Waals surface area contributed by atoms with Crippen molar-refractivity contribution in [2.45, 2.75) is 13.0 Å². The number of hydrogen-bond acceptors (Lipinski definition) is 5. The third-order valence-electron chi connectivity index (χ3n) is 4.35. The lowest BCUT2D eigenvalue weighted by molar-refractivity contribution is -0.139. The molecular formula is C17H19ClN6O2. The van der Waals surface area contributed by atoms with Gasteiger partial charge in [-0.25, -0.2) is 0 Å². The van der Waals surface area contributed by atoms with Gasteiger partial charge in [0.1, 0.15) is 0 Å². The summed E-state index contributed by atoms with van der Waals surface area (Å²) >= 11 is 6.30. The van der Waals surface area contributed by atoms with E-state index in [1.807, 2.05) is 6.07 Å². The van der Waals surface area contributed by atoms with Crippen LogP contribution < -0.4 is 0 Å². The molecule has 1 saturated heterocycles. The Kier molecular flexibility index (Phi) is 5.03. The third kappa shape index (κ3) is 3.60. The zero-order valence-corrected chi connectivity index (χ0v) is 15.3. The quantitative estimate of drug-likeness (QED) is 0.759. The lowest BCUT2D eigenvalue weighted by Gasteiger charge is -2.41. The van der Waals surface area contributed by atoms with Gasteiger partial charge in [-0.1, -0.05) is 18.2 Å². The summed E-state index contributed by atoms with van der Waals surface area (Å²) in [7, 11) is 1.68. The van der Waals surface area contributed by atoms with E-state index in [4.69, 9.17) is 11.6 Å². The number of piperazine rings is 1. The number of carbonyl (C=O) groups excluding carboxylic acids is 2. The van der Waals surface area contributed by atoms with Gasteiger partial charge in [0, 0.05) is 37.1 Å². The first-order valence-corrected chi connectivity index (χ1v) is 8.50. The molecule has 0 saturated carbocycles. The molecule has 1 atom stereocenters. The molecule has 2 heterocycles. The first-order valence-electron chi connectivity index (χ1n) is 8.12. The number of aromatic nitrogens is 4. The van der Waals surface area contributed by atoms with Gasteiger partial charge in [0.15, 0.2) is 0 Å². The number of benzene rings is 1. The van der Waals surface area contributed by atoms with Crippen LogP contribution in [0.2, 0.25) is 5.02 Å². The average molecular weight is 375 g/mol. The van der Waals surface area contributed by atoms with Crippen molar-refractivity contribution >= 4 is 23.4 Å². The van der Waals surface area contributed by atoms with Crippen LogP contribution in [0.4, 0.5) is 0 Å². The molecule has 1 aromatic heterocycles. The van der Waals surface area contributed by atoms with Crippen molar-refractivity contribution in [1.82, 2.24) is 30.0 Å². The summed E-state index contributed by atoms with van der Waals surface area (Å²) in [4.78, 5) is 28.9. The van der Waals surface area contributed by atoms with Gasteiger partial charge in [0.2, 0.25) is 17.6 Å². The van der Waals surface area contributed by atoms with E-state index in [1.54, 1.807) is 29.0 Å². The second-order valence-corrected chi connectivity index (χ2v) is 6.53. The van der Waals surface area contributed by atoms with Crippen LogP contribution in [0.25, 0.3) is 11.4 Å². The Morgan fingerprint density at radius 2 is 2.08 bits per heavy atom. The van der Waals surface area contributed by atoms with E-state index in [1.165, 1.54) is 17.8 Å². The van der Waals surface area contributed by atoms with Crippen LogP contribution in [-0.4, -0.2) is 61.5 Å². The second kappa shape index (κ2) is 7.25. The number of carbonyl (C=O) groups is 2. The normalized spacial score (nSPS) is 17.3. The van der Waals surface area contributed by atoms with Gasteiger partial charge in [-0.15, -0.1) is 10.2 Å². The summed E-state index contributed by atoms with van der Waals surface area (Å²) in [6.07, 6.45) is 1.28. The summed E-state index contributed by atoms with van der Waals surface area (Å²) in [5.74, 6) is 0.230. The van der Waals surface area contributed by atoms with Crippen molar-refractivity contribution in [2.24, 2.45) is 7.05 Å². The Hall–Kier alpha value is -2.74. The molecule has 0 N–H and O–H groups in total. The van der Waals surface area contributed by atoms with Crippen LogP contribution in [0.5, 0.6) is 0 Å². The van der Waals surface area contributed by atoms with Crippen molar-refractivity contribution < 1.29 is 9.59 Å². The maximum atomic E-state index is 12.3. The zero-order chi connectivity index (χ0) is 18.8. The molecule has 0 radical (unpaired) electrons. The number of aryl methyl sites for hydroxylation is 1. The number of halogens is 1. The molecule has 2 amide bonds. The third-order valence-corrected chi connectivity index (χ3v) is 4.57. The molecule has 0 spiro atoms. The van der Waals surface area contributed by atoms with E-state index < -0.39 is 0 Å². The smallest absolute Gasteiger partial charge is 0.246 e. The SMILES string of the molecule is C=CC(=O)N1CCN(C(C)=O)C[C@H]1c1cc(Cl)cc(-c2nnn(C)n2)c1. The van der Waals surface area contributed by atoms with Crippen molar-refractivity contribution in [3.63, 3.8) is 0 Å². The molecule has 26 heavy (non-hydrogen) atoms. The molecular weight excluding hydrogens is 356 g/mol. The van der Waals surface area contributed by atoms with Crippen molar-refractivity contribution in [1.29, 1.82) is 0 Å². The van der Waals surface area contributed by atoms with Crippen LogP contribution in [0, 0.1) is 0 Å². The van der Waals surface area contributed by atoms with Crippen LogP contribution >= 0.6 is 11.6 Å². The van der Waals surface area contributed by atoms with E-state index in [0.717, 1.165) is 5.56 Å². The minimum Gasteiger partial charge on any atom is -0.339 e. The first-order chi connectivity index (χ1) is 12.4. The molecule has 1 aromatic carbocycles. The summed E-state index contributed by atoms with van der Waals surface area (Å²) < 4.78 is 0. The molecule has 0 unspecified atom stereocenters. The Morgan fingerprint density at radius 1 is 1.31 bits per heavy atom. The molecule has 0 bridgehead atoms. The van der Waals surface area contributed by atoms with Gasteiger partial charge in [0.05, 0.1) is 13.1 Å². The molecule has 9 heteroatoms. The second-order valence-electron chi connectivity index (χ2n) is 6.09. The van der Waals surface area contributed by atoms with Crippen molar-refractivity contribution in [3.8, 4) is 11.4 Å². The first kappa shape index (κ1) is 18.1. The number of nitrogens with zero attached hydrogens (tertiary/aromatic N) is 6. The lowest BCUT2D eigenvalue weighted by Crippen LogP contribution is -2.51. The Morgan fingerprint density at radius 3 is 2.69 bits per heavy atom. The van der Waals surface area contributed by atoms with Gasteiger partial charge in [0.25, 0.3) is 0 Å². The molecule has 8 nitrogen and oxygen atoms in total.